The lowest BCUT2D eigenvalue weighted by atomic mass is 9.89. The van der Waals surface area contributed by atoms with Crippen molar-refractivity contribution >= 4 is 17.9 Å². The van der Waals surface area contributed by atoms with Crippen molar-refractivity contribution in [2.24, 2.45) is 0 Å². The van der Waals surface area contributed by atoms with Crippen LogP contribution in [0.25, 0.3) is 0 Å². The van der Waals surface area contributed by atoms with Crippen LogP contribution in [-0.4, -0.2) is 51.6 Å². The van der Waals surface area contributed by atoms with Gasteiger partial charge in [0.25, 0.3) is 0 Å². The Balaban J connectivity index is 2.62. The fraction of sp³-hybridized carbons (Fsp3) is 0.545. The zero-order valence-corrected chi connectivity index (χ0v) is 26.0. The van der Waals surface area contributed by atoms with E-state index in [1.165, 1.54) is 12.1 Å². The van der Waals surface area contributed by atoms with E-state index in [0.717, 1.165) is 36.0 Å². The number of nitrogens with zero attached hydrogens (tertiary/aromatic N) is 1. The number of carbonyl (C=O) groups is 3. The molecule has 0 aliphatic rings. The van der Waals surface area contributed by atoms with Crippen molar-refractivity contribution in [1.82, 2.24) is 15.5 Å². The number of phenolic OH excluding ortho intramolecular Hbond substituents is 1. The van der Waals surface area contributed by atoms with E-state index in [1.807, 2.05) is 52.0 Å². The summed E-state index contributed by atoms with van der Waals surface area (Å²) in [6.07, 6.45) is 2.86. The molecule has 8 heteroatoms. The molecule has 0 bridgehead atoms. The minimum absolute atomic E-state index is 0.102. The molecule has 0 radical (unpaired) electrons. The van der Waals surface area contributed by atoms with E-state index in [4.69, 9.17) is 4.74 Å². The lowest BCUT2D eigenvalue weighted by Gasteiger charge is -2.45. The number of hydrogen-bond acceptors (Lipinski definition) is 5. The first-order valence-electron chi connectivity index (χ1n) is 14.6. The van der Waals surface area contributed by atoms with Crippen LogP contribution in [-0.2, 0) is 20.7 Å². The van der Waals surface area contributed by atoms with Crippen molar-refractivity contribution in [3.8, 4) is 5.75 Å². The highest BCUT2D eigenvalue weighted by atomic mass is 16.6. The smallest absolute Gasteiger partial charge is 0.408 e. The zero-order chi connectivity index (χ0) is 30.8. The Bertz CT molecular complexity index is 1150. The first kappa shape index (κ1) is 33.7. The summed E-state index contributed by atoms with van der Waals surface area (Å²) in [5.74, 6) is -0.552. The molecule has 3 amide bonds. The van der Waals surface area contributed by atoms with Crippen molar-refractivity contribution < 1.29 is 24.2 Å². The normalized spacial score (nSPS) is 13.2. The van der Waals surface area contributed by atoms with Crippen LogP contribution in [0.2, 0.25) is 0 Å². The second kappa shape index (κ2) is 14.9. The van der Waals surface area contributed by atoms with Crippen LogP contribution in [0.1, 0.15) is 96.9 Å². The number of alkyl carbamates (subject to hydrolysis) is 1. The van der Waals surface area contributed by atoms with E-state index >= 15 is 0 Å². The van der Waals surface area contributed by atoms with Crippen LogP contribution in [0.3, 0.4) is 0 Å². The number of carbonyl (C=O) groups excluding carboxylic acids is 3. The molecular formula is C33H49N3O5. The largest absolute Gasteiger partial charge is 0.508 e. The number of aromatic hydroxyl groups is 1. The summed E-state index contributed by atoms with van der Waals surface area (Å²) < 4.78 is 5.51. The molecule has 3 N–H and O–H groups in total. The number of amides is 3. The lowest BCUT2D eigenvalue weighted by Crippen LogP contribution is -2.60. The Kier molecular flexibility index (Phi) is 12.2. The van der Waals surface area contributed by atoms with Gasteiger partial charge in [-0.2, -0.15) is 0 Å². The molecule has 41 heavy (non-hydrogen) atoms. The van der Waals surface area contributed by atoms with Gasteiger partial charge in [0.15, 0.2) is 0 Å². The Morgan fingerprint density at radius 1 is 0.951 bits per heavy atom. The Labute approximate surface area is 245 Å². The zero-order valence-electron chi connectivity index (χ0n) is 26.0. The van der Waals surface area contributed by atoms with Gasteiger partial charge in [-0.3, -0.25) is 9.59 Å². The average molecular weight is 568 g/mol. The number of rotatable bonds is 13. The number of phenols is 1. The van der Waals surface area contributed by atoms with Gasteiger partial charge in [0.1, 0.15) is 23.4 Å². The van der Waals surface area contributed by atoms with Gasteiger partial charge in [0, 0.05) is 18.5 Å². The molecule has 2 rings (SSSR count). The monoisotopic (exact) mass is 567 g/mol. The van der Waals surface area contributed by atoms with E-state index < -0.39 is 35.2 Å². The van der Waals surface area contributed by atoms with Gasteiger partial charge >= 0.3 is 6.09 Å². The first-order chi connectivity index (χ1) is 19.2. The maximum atomic E-state index is 14.7. The third kappa shape index (κ3) is 10.1. The summed E-state index contributed by atoms with van der Waals surface area (Å²) in [6, 6.07) is 12.1. The molecule has 2 unspecified atom stereocenters. The number of hydrogen-bond donors (Lipinski definition) is 3. The Morgan fingerprint density at radius 3 is 2.15 bits per heavy atom. The summed E-state index contributed by atoms with van der Waals surface area (Å²) in [7, 11) is 0. The predicted octanol–water partition coefficient (Wildman–Crippen LogP) is 6.20. The van der Waals surface area contributed by atoms with Crippen molar-refractivity contribution in [2.75, 3.05) is 6.54 Å². The van der Waals surface area contributed by atoms with Crippen LogP contribution in [0.5, 0.6) is 5.75 Å². The van der Waals surface area contributed by atoms with Gasteiger partial charge in [0.05, 0.1) is 0 Å². The molecule has 0 saturated carbocycles. The van der Waals surface area contributed by atoms with E-state index in [-0.39, 0.29) is 18.1 Å². The summed E-state index contributed by atoms with van der Waals surface area (Å²) in [6.45, 7) is 15.7. The lowest BCUT2D eigenvalue weighted by molar-refractivity contribution is -0.149. The van der Waals surface area contributed by atoms with Gasteiger partial charge in [-0.15, -0.1) is 0 Å². The maximum absolute atomic E-state index is 14.7. The number of ether oxygens (including phenoxy) is 1. The molecule has 0 aromatic heterocycles. The van der Waals surface area contributed by atoms with Crippen molar-refractivity contribution in [3.05, 3.63) is 65.2 Å². The summed E-state index contributed by atoms with van der Waals surface area (Å²) in [5.41, 5.74) is 0.855. The molecule has 8 nitrogen and oxygen atoms in total. The molecule has 0 fully saturated rings. The van der Waals surface area contributed by atoms with Gasteiger partial charge in [0.2, 0.25) is 11.8 Å². The average Bonchev–Trinajstić information content (AvgIpc) is 2.89. The topological polar surface area (TPSA) is 108 Å². The van der Waals surface area contributed by atoms with Crippen LogP contribution >= 0.6 is 0 Å². The Hall–Kier alpha value is -3.55. The summed E-state index contributed by atoms with van der Waals surface area (Å²) in [4.78, 5) is 43.2. The molecule has 0 heterocycles. The molecule has 226 valence electrons. The van der Waals surface area contributed by atoms with Crippen molar-refractivity contribution in [2.45, 2.75) is 111 Å². The van der Waals surface area contributed by atoms with E-state index in [2.05, 4.69) is 17.6 Å². The first-order valence-corrected chi connectivity index (χ1v) is 14.6. The summed E-state index contributed by atoms with van der Waals surface area (Å²) >= 11 is 0. The van der Waals surface area contributed by atoms with Crippen LogP contribution < -0.4 is 10.6 Å². The minimum Gasteiger partial charge on any atom is -0.508 e. The fourth-order valence-corrected chi connectivity index (χ4v) is 4.61. The van der Waals surface area contributed by atoms with E-state index in [1.54, 1.807) is 37.8 Å². The highest BCUT2D eigenvalue weighted by Gasteiger charge is 2.43. The number of unbranched alkanes of at least 4 members (excludes halogenated alkanes) is 2. The Morgan fingerprint density at radius 2 is 1.59 bits per heavy atom. The molecule has 0 aliphatic heterocycles. The number of aryl methyl sites for hydroxylation is 1. The van der Waals surface area contributed by atoms with Gasteiger partial charge in [-0.25, -0.2) is 4.79 Å². The van der Waals surface area contributed by atoms with Gasteiger partial charge < -0.3 is 25.4 Å². The van der Waals surface area contributed by atoms with E-state index in [0.29, 0.717) is 13.0 Å². The molecule has 2 aromatic rings. The second-order valence-corrected chi connectivity index (χ2v) is 12.2. The second-order valence-electron chi connectivity index (χ2n) is 12.2. The highest BCUT2D eigenvalue weighted by molar-refractivity contribution is 5.93. The molecule has 0 aliphatic carbocycles. The van der Waals surface area contributed by atoms with Crippen LogP contribution in [0.4, 0.5) is 4.79 Å². The summed E-state index contributed by atoms with van der Waals surface area (Å²) in [5, 5.41) is 15.6. The predicted molar refractivity (Wildman–Crippen MR) is 163 cm³/mol. The third-order valence-electron chi connectivity index (χ3n) is 7.19. The van der Waals surface area contributed by atoms with E-state index in [9.17, 15) is 19.5 Å². The van der Waals surface area contributed by atoms with Crippen molar-refractivity contribution in [1.29, 1.82) is 0 Å². The van der Waals surface area contributed by atoms with Crippen molar-refractivity contribution in [3.63, 3.8) is 0 Å². The van der Waals surface area contributed by atoms with Gasteiger partial charge in [-0.1, -0.05) is 63.1 Å². The molecular weight excluding hydrogens is 518 g/mol. The standard InChI is InChI=1S/C33H49N3O5/c1-9-11-14-21-34-29(38)28(26-16-13-12-15-23(26)3)36(33(7,8)10-2)30(39)27(35-31(40)41-32(4,5)6)22-24-17-19-25(37)20-18-24/h12-13,15-20,27-28,37H,9-11,14,21-22H2,1-8H3,(H,34,38)(H,35,40). The maximum Gasteiger partial charge on any atom is 0.408 e. The van der Waals surface area contributed by atoms with Crippen LogP contribution in [0.15, 0.2) is 48.5 Å². The third-order valence-corrected chi connectivity index (χ3v) is 7.19. The SMILES string of the molecule is CCCCCNC(=O)C(c1ccccc1C)N(C(=O)C(Cc1ccc(O)cc1)NC(=O)OC(C)(C)C)C(C)(C)CC. The molecule has 2 atom stereocenters. The molecule has 0 spiro atoms. The quantitative estimate of drug-likeness (QED) is 0.250. The molecule has 2 aromatic carbocycles. The number of benzene rings is 2. The number of nitrogens with one attached hydrogen (secondary N) is 2. The molecule has 0 saturated heterocycles. The van der Waals surface area contributed by atoms with Crippen LogP contribution in [0, 0.1) is 6.92 Å². The fourth-order valence-electron chi connectivity index (χ4n) is 4.61. The van der Waals surface area contributed by atoms with Gasteiger partial charge in [-0.05, 0) is 83.2 Å². The minimum atomic E-state index is -1.03. The highest BCUT2D eigenvalue weighted by Crippen LogP contribution is 2.34.